The Labute approximate surface area is 367 Å². The molecule has 0 N–H and O–H groups in total. The molecule has 3 nitrogen and oxygen atoms in total. The van der Waals surface area contributed by atoms with Gasteiger partial charge in [0.05, 0.1) is 10.9 Å². The molecule has 7 rings (SSSR count). The number of carbonyl (C=O) groups excluding carboxylic acids is 3. The van der Waals surface area contributed by atoms with Crippen LogP contribution in [0.4, 0.5) is 22.0 Å². The first-order valence-corrected chi connectivity index (χ1v) is 21.7. The molecule has 0 radical (unpaired) electrons. The normalized spacial score (nSPS) is 10.9. The zero-order valence-electron chi connectivity index (χ0n) is 32.1. The number of ketones is 3. The number of carbonyl (C=O) groups is 3. The Morgan fingerprint density at radius 3 is 0.770 bits per heavy atom. The van der Waals surface area contributed by atoms with Crippen LogP contribution in [-0.2, 0) is 10.9 Å². The highest BCUT2D eigenvalue weighted by molar-refractivity contribution is 8.00. The smallest absolute Gasteiger partial charge is 0.200 e. The Balaban J connectivity index is 0.000000447. The van der Waals surface area contributed by atoms with Crippen LogP contribution in [0.5, 0.6) is 0 Å². The lowest BCUT2D eigenvalue weighted by molar-refractivity contribution is 0.100. The second-order valence-corrected chi connectivity index (χ2v) is 18.4. The molecule has 0 aliphatic heterocycles. The van der Waals surface area contributed by atoms with E-state index in [2.05, 4.69) is 72.8 Å². The monoisotopic (exact) mass is 894 g/mol. The fourth-order valence-corrected chi connectivity index (χ4v) is 10.0. The lowest BCUT2D eigenvalue weighted by atomic mass is 9.94. The fourth-order valence-electron chi connectivity index (χ4n) is 5.52. The molecule has 0 saturated heterocycles. The third-order valence-electron chi connectivity index (χ3n) is 8.66. The highest BCUT2D eigenvalue weighted by Crippen LogP contribution is 2.37. The minimum Gasteiger partial charge on any atom is -0.295 e. The van der Waals surface area contributed by atoms with E-state index in [9.17, 15) is 36.3 Å². The van der Waals surface area contributed by atoms with Gasteiger partial charge in [-0.2, -0.15) is 0 Å². The summed E-state index contributed by atoms with van der Waals surface area (Å²) in [6.45, 7) is 4.75. The maximum Gasteiger partial charge on any atom is 0.200 e. The van der Waals surface area contributed by atoms with Gasteiger partial charge < -0.3 is 0 Å². The summed E-state index contributed by atoms with van der Waals surface area (Å²) in [6.07, 6.45) is 0. The minimum absolute atomic E-state index is 0.0674. The number of Topliss-reactive ketones (excluding diaryl/α,β-unsaturated/α-hetero) is 3. The van der Waals surface area contributed by atoms with E-state index in [1.54, 1.807) is 56.1 Å². The Kier molecular flexibility index (Phi) is 15.2. The number of hydrogen-bond donors (Lipinski definition) is 0. The summed E-state index contributed by atoms with van der Waals surface area (Å²) < 4.78 is 61.8. The van der Waals surface area contributed by atoms with Crippen LogP contribution in [0, 0.1) is 29.1 Å². The Bertz CT molecular complexity index is 2330. The Morgan fingerprint density at radius 2 is 0.557 bits per heavy atom. The molecule has 0 amide bonds. The summed E-state index contributed by atoms with van der Waals surface area (Å²) in [5.41, 5.74) is 1.53. The molecule has 13 heteroatoms. The van der Waals surface area contributed by atoms with E-state index >= 15 is 0 Å². The van der Waals surface area contributed by atoms with E-state index in [0.29, 0.717) is 16.7 Å². The van der Waals surface area contributed by atoms with Crippen molar-refractivity contribution in [1.29, 1.82) is 0 Å². The van der Waals surface area contributed by atoms with Crippen LogP contribution in [0.15, 0.2) is 190 Å². The highest BCUT2D eigenvalue weighted by Gasteiger charge is 2.29. The van der Waals surface area contributed by atoms with Crippen molar-refractivity contribution >= 4 is 76.8 Å². The molecule has 7 aromatic rings. The van der Waals surface area contributed by atoms with Crippen molar-refractivity contribution in [2.45, 2.75) is 64.8 Å². The van der Waals surface area contributed by atoms with Crippen LogP contribution in [0.2, 0.25) is 0 Å². The van der Waals surface area contributed by atoms with Crippen LogP contribution in [0.3, 0.4) is 0 Å². The minimum atomic E-state index is -2.09. The summed E-state index contributed by atoms with van der Waals surface area (Å²) in [5.74, 6) is -8.93. The Hall–Kier alpha value is -5.34. The molecule has 0 saturated carbocycles. The second-order valence-electron chi connectivity index (χ2n) is 13.0. The second kappa shape index (κ2) is 20.5. The van der Waals surface area contributed by atoms with Crippen LogP contribution in [0.1, 0.15) is 51.8 Å². The molecule has 0 spiro atoms. The van der Waals surface area contributed by atoms with E-state index in [1.165, 1.54) is 14.7 Å². The molecule has 7 aromatic carbocycles. The topological polar surface area (TPSA) is 51.2 Å². The van der Waals surface area contributed by atoms with Gasteiger partial charge >= 0.3 is 0 Å². The predicted molar refractivity (Wildman–Crippen MR) is 239 cm³/mol. The van der Waals surface area contributed by atoms with Crippen molar-refractivity contribution < 1.29 is 36.3 Å². The summed E-state index contributed by atoms with van der Waals surface area (Å²) in [7, 11) is -1.40. The van der Waals surface area contributed by atoms with E-state index < -0.39 is 42.4 Å². The molecule has 308 valence electrons. The zero-order chi connectivity index (χ0) is 43.8. The van der Waals surface area contributed by atoms with Gasteiger partial charge in [-0.15, -0.1) is 5.46 Å². The molecular weight excluding hydrogens is 859 g/mol. The zero-order valence-corrected chi connectivity index (χ0v) is 35.4. The standard InChI is InChI=1S/C42H33O3S4.C6H3BF5/c1-28(43)31-4-10-34(11-5-31)46-37-16-22-40(23-17-37)49(41-24-18-38(19-25-41)47-35-12-6-32(7-13-35)29(2)44)42-26-20-39(21-27-42)48-36-14-8-33(9-15-36)30(3)45;7-1-2(8)4(10)6(12)5(11)3(1)9/h4-27H,1-3H3;7H3/q+1;-1. The van der Waals surface area contributed by atoms with Crippen molar-refractivity contribution in [2.75, 3.05) is 0 Å². The molecule has 0 atom stereocenters. The van der Waals surface area contributed by atoms with Crippen molar-refractivity contribution in [3.63, 3.8) is 0 Å². The predicted octanol–water partition coefficient (Wildman–Crippen LogP) is 12.2. The number of rotatable bonds is 12. The van der Waals surface area contributed by atoms with Gasteiger partial charge in [0.25, 0.3) is 0 Å². The summed E-state index contributed by atoms with van der Waals surface area (Å²) in [6, 6.07) is 49.5. The fraction of sp³-hybridized carbons (Fsp3) is 0.0625. The van der Waals surface area contributed by atoms with E-state index in [0.717, 1.165) is 29.4 Å². The number of benzene rings is 7. The summed E-state index contributed by atoms with van der Waals surface area (Å²) >= 11 is 5.04. The summed E-state index contributed by atoms with van der Waals surface area (Å²) in [5, 5.41) is 0. The van der Waals surface area contributed by atoms with Crippen LogP contribution in [-0.4, -0.2) is 25.2 Å². The quantitative estimate of drug-likeness (QED) is 0.0304. The maximum absolute atomic E-state index is 12.5. The van der Waals surface area contributed by atoms with Crippen LogP contribution >= 0.6 is 35.3 Å². The third kappa shape index (κ3) is 11.5. The van der Waals surface area contributed by atoms with Crippen molar-refractivity contribution in [3.8, 4) is 0 Å². The highest BCUT2D eigenvalue weighted by atomic mass is 32.2. The van der Waals surface area contributed by atoms with Crippen molar-refractivity contribution in [2.24, 2.45) is 0 Å². The lowest BCUT2D eigenvalue weighted by Gasteiger charge is -2.11. The summed E-state index contributed by atoms with van der Waals surface area (Å²) in [4.78, 5) is 45.4. The van der Waals surface area contributed by atoms with Crippen LogP contribution < -0.4 is 5.46 Å². The average Bonchev–Trinajstić information content (AvgIpc) is 3.27. The van der Waals surface area contributed by atoms with Gasteiger partial charge in [-0.3, -0.25) is 14.4 Å². The molecule has 0 heterocycles. The first-order valence-electron chi connectivity index (χ1n) is 18.1. The molecule has 0 aliphatic rings. The first kappa shape index (κ1) is 45.2. The average molecular weight is 895 g/mol. The molecule has 0 fully saturated rings. The third-order valence-corrected chi connectivity index (χ3v) is 13.9. The SMILES string of the molecule is CC(=O)c1ccc(Sc2ccc([S+](c3ccc(Sc4ccc(C(C)=O)cc4)cc3)c3ccc(Sc4ccc(C(C)=O)cc4)cc3)cc2)cc1.[BH3-]c1c(F)c(F)c(F)c(F)c1F. The number of hydrogen-bond acceptors (Lipinski definition) is 6. The van der Waals surface area contributed by atoms with E-state index in [1.807, 2.05) is 72.8 Å². The molecule has 61 heavy (non-hydrogen) atoms. The van der Waals surface area contributed by atoms with E-state index in [-0.39, 0.29) is 28.2 Å². The molecule has 0 aliphatic carbocycles. The Morgan fingerprint density at radius 1 is 0.361 bits per heavy atom. The molecule has 0 unspecified atom stereocenters. The largest absolute Gasteiger partial charge is 0.295 e. The van der Waals surface area contributed by atoms with Gasteiger partial charge in [0, 0.05) is 46.1 Å². The molecule has 0 aromatic heterocycles. The number of halogens is 5. The van der Waals surface area contributed by atoms with Crippen LogP contribution in [0.25, 0.3) is 0 Å². The van der Waals surface area contributed by atoms with Gasteiger partial charge in [-0.1, -0.05) is 71.7 Å². The van der Waals surface area contributed by atoms with Gasteiger partial charge in [-0.05, 0) is 138 Å². The van der Waals surface area contributed by atoms with Crippen molar-refractivity contribution in [3.05, 3.63) is 191 Å². The van der Waals surface area contributed by atoms with Gasteiger partial charge in [0.15, 0.2) is 49.5 Å². The first-order chi connectivity index (χ1) is 29.2. The van der Waals surface area contributed by atoms with E-state index in [4.69, 9.17) is 0 Å². The van der Waals surface area contributed by atoms with Crippen molar-refractivity contribution in [1.82, 2.24) is 0 Å². The van der Waals surface area contributed by atoms with Gasteiger partial charge in [-0.25, -0.2) is 22.0 Å². The van der Waals surface area contributed by atoms with Gasteiger partial charge in [0.2, 0.25) is 0 Å². The van der Waals surface area contributed by atoms with Gasteiger partial charge in [0.1, 0.15) is 11.6 Å². The molecular formula is C48H36BF5O3S4. The molecule has 0 bridgehead atoms. The lowest BCUT2D eigenvalue weighted by Crippen LogP contribution is -2.20. The maximum atomic E-state index is 12.5.